The van der Waals surface area contributed by atoms with E-state index in [0.29, 0.717) is 60.6 Å². The normalized spacial score (nSPS) is 18.6. The first-order valence-electron chi connectivity index (χ1n) is 11.6. The number of methoxy groups -OCH3 is 1. The van der Waals surface area contributed by atoms with E-state index in [0.717, 1.165) is 0 Å². The number of nitrogens with zero attached hydrogens (tertiary/aromatic N) is 1. The highest BCUT2D eigenvalue weighted by Gasteiger charge is 2.46. The van der Waals surface area contributed by atoms with E-state index in [1.165, 1.54) is 12.0 Å². The van der Waals surface area contributed by atoms with Crippen LogP contribution in [-0.2, 0) is 14.3 Å². The van der Waals surface area contributed by atoms with Crippen molar-refractivity contribution < 1.29 is 38.4 Å². The van der Waals surface area contributed by atoms with Gasteiger partial charge in [0.2, 0.25) is 0 Å². The van der Waals surface area contributed by atoms with Crippen molar-refractivity contribution in [2.75, 3.05) is 46.7 Å². The minimum absolute atomic E-state index is 0.0191. The van der Waals surface area contributed by atoms with Gasteiger partial charge >= 0.3 is 0 Å². The fraction of sp³-hybridized carbons (Fsp3) is 0.385. The SMILES string of the molecule is CCOc1ccc([C@@H]2/C(=C(\O)c3ccc4c(c3)OCCO4)C(=O)C(=O)N2CCOC)cc1OCC. The number of hydrogen-bond acceptors (Lipinski definition) is 8. The molecule has 1 fully saturated rings. The van der Waals surface area contributed by atoms with Gasteiger partial charge in [0.1, 0.15) is 19.0 Å². The molecular formula is C26H29NO8. The summed E-state index contributed by atoms with van der Waals surface area (Å²) in [7, 11) is 1.52. The topological polar surface area (TPSA) is 104 Å². The van der Waals surface area contributed by atoms with Gasteiger partial charge < -0.3 is 33.7 Å². The van der Waals surface area contributed by atoms with Crippen molar-refractivity contribution in [3.05, 3.63) is 53.1 Å². The monoisotopic (exact) mass is 483 g/mol. The van der Waals surface area contributed by atoms with Crippen molar-refractivity contribution in [1.82, 2.24) is 4.90 Å². The lowest BCUT2D eigenvalue weighted by Gasteiger charge is -2.26. The molecule has 2 aliphatic heterocycles. The van der Waals surface area contributed by atoms with Crippen LogP contribution >= 0.6 is 0 Å². The zero-order chi connectivity index (χ0) is 24.9. The second-order valence-corrected chi connectivity index (χ2v) is 7.92. The van der Waals surface area contributed by atoms with E-state index in [4.69, 9.17) is 23.7 Å². The Labute approximate surface area is 203 Å². The summed E-state index contributed by atoms with van der Waals surface area (Å²) in [4.78, 5) is 27.6. The molecule has 9 nitrogen and oxygen atoms in total. The van der Waals surface area contributed by atoms with E-state index in [2.05, 4.69) is 0 Å². The number of hydrogen-bond donors (Lipinski definition) is 1. The molecule has 0 aliphatic carbocycles. The lowest BCUT2D eigenvalue weighted by molar-refractivity contribution is -0.140. The Kier molecular flexibility index (Phi) is 7.45. The number of carbonyl (C=O) groups is 2. The number of aliphatic hydroxyl groups is 1. The van der Waals surface area contributed by atoms with Crippen molar-refractivity contribution in [3.8, 4) is 23.0 Å². The molecule has 2 heterocycles. The number of Topliss-reactive ketones (excluding diaryl/α,β-unsaturated/α-hetero) is 1. The zero-order valence-corrected chi connectivity index (χ0v) is 20.0. The smallest absolute Gasteiger partial charge is 0.295 e. The molecule has 0 spiro atoms. The number of amides is 1. The van der Waals surface area contributed by atoms with Crippen LogP contribution in [0.2, 0.25) is 0 Å². The molecule has 2 aromatic rings. The average molecular weight is 484 g/mol. The third-order valence-corrected chi connectivity index (χ3v) is 5.78. The van der Waals surface area contributed by atoms with Gasteiger partial charge in [-0.25, -0.2) is 0 Å². The summed E-state index contributed by atoms with van der Waals surface area (Å²) in [5.74, 6) is 0.283. The summed E-state index contributed by atoms with van der Waals surface area (Å²) in [6, 6.07) is 9.31. The first-order valence-corrected chi connectivity index (χ1v) is 11.6. The molecule has 0 unspecified atom stereocenters. The molecule has 35 heavy (non-hydrogen) atoms. The Bertz CT molecular complexity index is 1140. The molecular weight excluding hydrogens is 454 g/mol. The molecule has 0 aromatic heterocycles. The van der Waals surface area contributed by atoms with Crippen LogP contribution in [0, 0.1) is 0 Å². The first-order chi connectivity index (χ1) is 17.0. The highest BCUT2D eigenvalue weighted by molar-refractivity contribution is 6.46. The van der Waals surface area contributed by atoms with Crippen molar-refractivity contribution >= 4 is 17.4 Å². The fourth-order valence-electron chi connectivity index (χ4n) is 4.23. The molecule has 1 amide bonds. The quantitative estimate of drug-likeness (QED) is 0.329. The minimum atomic E-state index is -0.840. The van der Waals surface area contributed by atoms with Crippen molar-refractivity contribution in [3.63, 3.8) is 0 Å². The van der Waals surface area contributed by atoms with Crippen LogP contribution in [0.5, 0.6) is 23.0 Å². The van der Waals surface area contributed by atoms with Crippen LogP contribution in [0.15, 0.2) is 42.0 Å². The number of carbonyl (C=O) groups excluding carboxylic acids is 2. The van der Waals surface area contributed by atoms with Crippen molar-refractivity contribution in [2.24, 2.45) is 0 Å². The maximum absolute atomic E-state index is 13.2. The molecule has 0 saturated carbocycles. The van der Waals surface area contributed by atoms with E-state index in [-0.39, 0.29) is 24.5 Å². The Balaban J connectivity index is 1.84. The van der Waals surface area contributed by atoms with Gasteiger partial charge in [0.15, 0.2) is 23.0 Å². The summed E-state index contributed by atoms with van der Waals surface area (Å²) in [6.07, 6.45) is 0. The second-order valence-electron chi connectivity index (χ2n) is 7.92. The number of ketones is 1. The number of ether oxygens (including phenoxy) is 5. The molecule has 2 aromatic carbocycles. The average Bonchev–Trinajstić information content (AvgIpc) is 3.13. The largest absolute Gasteiger partial charge is 0.507 e. The van der Waals surface area contributed by atoms with E-state index >= 15 is 0 Å². The summed E-state index contributed by atoms with van der Waals surface area (Å²) >= 11 is 0. The maximum Gasteiger partial charge on any atom is 0.295 e. The zero-order valence-electron chi connectivity index (χ0n) is 20.0. The number of likely N-dealkylation sites (tertiary alicyclic amines) is 1. The summed E-state index contributed by atoms with van der Waals surface area (Å²) < 4.78 is 27.8. The fourth-order valence-corrected chi connectivity index (χ4v) is 4.23. The van der Waals surface area contributed by atoms with Crippen LogP contribution < -0.4 is 18.9 Å². The van der Waals surface area contributed by atoms with Gasteiger partial charge in [0, 0.05) is 19.2 Å². The second kappa shape index (κ2) is 10.7. The van der Waals surface area contributed by atoms with E-state index in [1.807, 2.05) is 13.8 Å². The van der Waals surface area contributed by atoms with Gasteiger partial charge in [0.25, 0.3) is 11.7 Å². The van der Waals surface area contributed by atoms with Crippen molar-refractivity contribution in [2.45, 2.75) is 19.9 Å². The molecule has 2 aliphatic rings. The third kappa shape index (κ3) is 4.77. The number of aliphatic hydroxyl groups excluding tert-OH is 1. The number of rotatable bonds is 9. The minimum Gasteiger partial charge on any atom is -0.507 e. The molecule has 1 atom stereocenters. The van der Waals surface area contributed by atoms with Crippen molar-refractivity contribution in [1.29, 1.82) is 0 Å². The van der Waals surface area contributed by atoms with Gasteiger partial charge in [-0.15, -0.1) is 0 Å². The lowest BCUT2D eigenvalue weighted by Crippen LogP contribution is -2.32. The highest BCUT2D eigenvalue weighted by Crippen LogP contribution is 2.43. The van der Waals surface area contributed by atoms with E-state index in [1.54, 1.807) is 36.4 Å². The molecule has 9 heteroatoms. The van der Waals surface area contributed by atoms with E-state index in [9.17, 15) is 14.7 Å². The summed E-state index contributed by atoms with van der Waals surface area (Å²) in [5.41, 5.74) is 0.931. The lowest BCUT2D eigenvalue weighted by atomic mass is 9.94. The number of benzene rings is 2. The Hall–Kier alpha value is -3.72. The molecule has 186 valence electrons. The van der Waals surface area contributed by atoms with E-state index < -0.39 is 17.7 Å². The van der Waals surface area contributed by atoms with Crippen LogP contribution in [0.1, 0.15) is 31.0 Å². The number of fused-ring (bicyclic) bond motifs is 1. The highest BCUT2D eigenvalue weighted by atomic mass is 16.6. The molecule has 4 rings (SSSR count). The third-order valence-electron chi connectivity index (χ3n) is 5.78. The Morgan fingerprint density at radius 2 is 1.71 bits per heavy atom. The van der Waals surface area contributed by atoms with Gasteiger partial charge in [-0.2, -0.15) is 0 Å². The first kappa shape index (κ1) is 24.4. The van der Waals surface area contributed by atoms with Gasteiger partial charge in [-0.1, -0.05) is 6.07 Å². The predicted octanol–water partition coefficient (Wildman–Crippen LogP) is 3.32. The molecule has 1 N–H and O–H groups in total. The van der Waals surface area contributed by atoms with Crippen LogP contribution in [0.3, 0.4) is 0 Å². The molecule has 0 radical (unpaired) electrons. The predicted molar refractivity (Wildman–Crippen MR) is 127 cm³/mol. The van der Waals surface area contributed by atoms with Crippen LogP contribution in [0.4, 0.5) is 0 Å². The molecule has 0 bridgehead atoms. The Morgan fingerprint density at radius 3 is 2.43 bits per heavy atom. The van der Waals surface area contributed by atoms with Crippen LogP contribution in [0.25, 0.3) is 5.76 Å². The maximum atomic E-state index is 13.2. The Morgan fingerprint density at radius 1 is 1.00 bits per heavy atom. The van der Waals surface area contributed by atoms with Crippen LogP contribution in [-0.4, -0.2) is 68.4 Å². The van der Waals surface area contributed by atoms with Gasteiger partial charge in [0.05, 0.1) is 31.4 Å². The summed E-state index contributed by atoms with van der Waals surface area (Å²) in [5, 5.41) is 11.3. The standard InChI is InChI=1S/C26H29NO8/c1-4-32-18-8-6-16(14-20(18)33-5-2)23-22(25(29)26(30)27(23)10-11-31-3)24(28)17-7-9-19-21(15-17)35-13-12-34-19/h6-9,14-15,23,28H,4-5,10-13H2,1-3H3/b24-22+/t23-/m1/s1. The summed E-state index contributed by atoms with van der Waals surface area (Å²) in [6.45, 7) is 5.80. The van der Waals surface area contributed by atoms with Gasteiger partial charge in [-0.3, -0.25) is 9.59 Å². The molecule has 1 saturated heterocycles. The van der Waals surface area contributed by atoms with Gasteiger partial charge in [-0.05, 0) is 49.7 Å².